The Labute approximate surface area is 117 Å². The number of nitrogens with two attached hydrogens (primary N) is 1. The fourth-order valence-corrected chi connectivity index (χ4v) is 2.67. The SMILES string of the molecule is NCc1c(Oc2ccc(F)cc2Cl)nc2sccn12. The largest absolute Gasteiger partial charge is 0.436 e. The molecule has 2 N–H and O–H groups in total. The summed E-state index contributed by atoms with van der Waals surface area (Å²) >= 11 is 7.40. The molecule has 0 bridgehead atoms. The number of aromatic nitrogens is 2. The van der Waals surface area contributed by atoms with Gasteiger partial charge in [-0.25, -0.2) is 4.39 Å². The number of fused-ring (bicyclic) bond motifs is 1. The lowest BCUT2D eigenvalue weighted by Gasteiger charge is -2.06. The summed E-state index contributed by atoms with van der Waals surface area (Å²) in [7, 11) is 0. The van der Waals surface area contributed by atoms with Gasteiger partial charge < -0.3 is 10.5 Å². The lowest BCUT2D eigenvalue weighted by molar-refractivity contribution is 0.458. The van der Waals surface area contributed by atoms with Crippen LogP contribution in [0.25, 0.3) is 4.96 Å². The van der Waals surface area contributed by atoms with E-state index in [9.17, 15) is 4.39 Å². The number of rotatable bonds is 3. The zero-order valence-corrected chi connectivity index (χ0v) is 11.2. The van der Waals surface area contributed by atoms with Crippen molar-refractivity contribution in [1.29, 1.82) is 0 Å². The van der Waals surface area contributed by atoms with E-state index in [0.29, 0.717) is 11.6 Å². The van der Waals surface area contributed by atoms with Gasteiger partial charge in [0.2, 0.25) is 5.88 Å². The van der Waals surface area contributed by atoms with Crippen LogP contribution in [-0.4, -0.2) is 9.38 Å². The first-order valence-electron chi connectivity index (χ1n) is 5.46. The Bertz CT molecular complexity index is 740. The van der Waals surface area contributed by atoms with Crippen molar-refractivity contribution in [1.82, 2.24) is 9.38 Å². The summed E-state index contributed by atoms with van der Waals surface area (Å²) in [5.41, 5.74) is 6.45. The monoisotopic (exact) mass is 297 g/mol. The zero-order valence-electron chi connectivity index (χ0n) is 9.64. The summed E-state index contributed by atoms with van der Waals surface area (Å²) in [5, 5.41) is 2.11. The van der Waals surface area contributed by atoms with E-state index in [1.165, 1.54) is 29.5 Å². The molecule has 2 heterocycles. The summed E-state index contributed by atoms with van der Waals surface area (Å²) in [6.07, 6.45) is 1.87. The quantitative estimate of drug-likeness (QED) is 0.805. The highest BCUT2D eigenvalue weighted by molar-refractivity contribution is 7.15. The van der Waals surface area contributed by atoms with Gasteiger partial charge in [-0.05, 0) is 18.2 Å². The van der Waals surface area contributed by atoms with Gasteiger partial charge in [-0.1, -0.05) is 11.6 Å². The molecule has 19 heavy (non-hydrogen) atoms. The lowest BCUT2D eigenvalue weighted by Crippen LogP contribution is -2.01. The highest BCUT2D eigenvalue weighted by atomic mass is 35.5. The van der Waals surface area contributed by atoms with Crippen LogP contribution >= 0.6 is 22.9 Å². The Morgan fingerprint density at radius 3 is 3.05 bits per heavy atom. The third-order valence-electron chi connectivity index (χ3n) is 2.62. The zero-order chi connectivity index (χ0) is 13.4. The fraction of sp³-hybridized carbons (Fsp3) is 0.0833. The number of thiazole rings is 1. The van der Waals surface area contributed by atoms with Gasteiger partial charge in [0.1, 0.15) is 17.3 Å². The molecule has 0 fully saturated rings. The Hall–Kier alpha value is -1.63. The first kappa shape index (κ1) is 12.4. The number of hydrogen-bond acceptors (Lipinski definition) is 4. The Kier molecular flexibility index (Phi) is 3.14. The van der Waals surface area contributed by atoms with Crippen molar-refractivity contribution in [2.45, 2.75) is 6.54 Å². The Morgan fingerprint density at radius 1 is 1.47 bits per heavy atom. The number of ether oxygens (including phenoxy) is 1. The third-order valence-corrected chi connectivity index (χ3v) is 3.67. The van der Waals surface area contributed by atoms with E-state index in [2.05, 4.69) is 4.98 Å². The molecule has 0 aliphatic carbocycles. The lowest BCUT2D eigenvalue weighted by atomic mass is 10.3. The molecule has 0 aliphatic heterocycles. The summed E-state index contributed by atoms with van der Waals surface area (Å²) in [6, 6.07) is 3.94. The molecular formula is C12H9ClFN3OS. The first-order valence-corrected chi connectivity index (χ1v) is 6.72. The van der Waals surface area contributed by atoms with Crippen molar-refractivity contribution in [3.8, 4) is 11.6 Å². The van der Waals surface area contributed by atoms with Gasteiger partial charge in [0, 0.05) is 18.1 Å². The predicted molar refractivity (Wildman–Crippen MR) is 72.4 cm³/mol. The van der Waals surface area contributed by atoms with Gasteiger partial charge in [0.25, 0.3) is 0 Å². The molecule has 4 nitrogen and oxygen atoms in total. The Morgan fingerprint density at radius 2 is 2.32 bits per heavy atom. The number of imidazole rings is 1. The van der Waals surface area contributed by atoms with Crippen molar-refractivity contribution >= 4 is 27.9 Å². The number of hydrogen-bond donors (Lipinski definition) is 1. The molecule has 3 rings (SSSR count). The topological polar surface area (TPSA) is 52.5 Å². The normalized spacial score (nSPS) is 11.1. The number of halogens is 2. The van der Waals surface area contributed by atoms with Crippen molar-refractivity contribution in [2.24, 2.45) is 5.73 Å². The summed E-state index contributed by atoms with van der Waals surface area (Å²) in [6.45, 7) is 0.284. The molecule has 0 saturated heterocycles. The van der Waals surface area contributed by atoms with Gasteiger partial charge in [0.15, 0.2) is 4.96 Å². The van der Waals surface area contributed by atoms with Gasteiger partial charge in [0.05, 0.1) is 5.02 Å². The molecule has 0 aliphatic rings. The third kappa shape index (κ3) is 2.18. The summed E-state index contributed by atoms with van der Waals surface area (Å²) in [4.78, 5) is 5.12. The maximum Gasteiger partial charge on any atom is 0.243 e. The van der Waals surface area contributed by atoms with Crippen LogP contribution in [0.15, 0.2) is 29.8 Å². The molecule has 98 valence electrons. The highest BCUT2D eigenvalue weighted by Crippen LogP contribution is 2.32. The fourth-order valence-electron chi connectivity index (χ4n) is 1.74. The van der Waals surface area contributed by atoms with Crippen molar-refractivity contribution in [3.05, 3.63) is 46.3 Å². The van der Waals surface area contributed by atoms with Crippen LogP contribution in [0.1, 0.15) is 5.69 Å². The van der Waals surface area contributed by atoms with E-state index in [1.807, 2.05) is 16.0 Å². The van der Waals surface area contributed by atoms with Crippen LogP contribution < -0.4 is 10.5 Å². The maximum atomic E-state index is 13.0. The minimum atomic E-state index is -0.415. The van der Waals surface area contributed by atoms with Crippen LogP contribution in [0.3, 0.4) is 0 Å². The second kappa shape index (κ2) is 4.80. The van der Waals surface area contributed by atoms with Crippen LogP contribution in [0.4, 0.5) is 4.39 Å². The smallest absolute Gasteiger partial charge is 0.243 e. The van der Waals surface area contributed by atoms with Crippen molar-refractivity contribution < 1.29 is 9.13 Å². The first-order chi connectivity index (χ1) is 9.19. The molecule has 1 aromatic carbocycles. The van der Waals surface area contributed by atoms with E-state index in [-0.39, 0.29) is 11.6 Å². The van der Waals surface area contributed by atoms with Gasteiger partial charge >= 0.3 is 0 Å². The molecule has 2 aromatic heterocycles. The molecule has 0 saturated carbocycles. The maximum absolute atomic E-state index is 13.0. The van der Waals surface area contributed by atoms with Crippen molar-refractivity contribution in [3.63, 3.8) is 0 Å². The Balaban J connectivity index is 2.02. The molecule has 3 aromatic rings. The molecule has 0 amide bonds. The molecular weight excluding hydrogens is 289 g/mol. The van der Waals surface area contributed by atoms with E-state index in [1.54, 1.807) is 0 Å². The van der Waals surface area contributed by atoms with Crippen molar-refractivity contribution in [2.75, 3.05) is 0 Å². The van der Waals surface area contributed by atoms with Crippen LogP contribution in [0.5, 0.6) is 11.6 Å². The van der Waals surface area contributed by atoms with Gasteiger partial charge in [-0.15, -0.1) is 11.3 Å². The van der Waals surface area contributed by atoms with Crippen LogP contribution in [-0.2, 0) is 6.54 Å². The van der Waals surface area contributed by atoms with Gasteiger partial charge in [-0.2, -0.15) is 4.98 Å². The van der Waals surface area contributed by atoms with Crippen LogP contribution in [0.2, 0.25) is 5.02 Å². The molecule has 0 unspecified atom stereocenters. The highest BCUT2D eigenvalue weighted by Gasteiger charge is 2.15. The standard InChI is InChI=1S/C12H9ClFN3OS/c13-8-5-7(14)1-2-10(8)18-11-9(6-15)17-3-4-19-12(17)16-11/h1-5H,6,15H2. The average molecular weight is 298 g/mol. The second-order valence-corrected chi connectivity index (χ2v) is 5.08. The van der Waals surface area contributed by atoms with Gasteiger partial charge in [-0.3, -0.25) is 4.40 Å². The summed E-state index contributed by atoms with van der Waals surface area (Å²) in [5.74, 6) is 0.327. The number of benzene rings is 1. The average Bonchev–Trinajstić information content (AvgIpc) is 2.92. The van der Waals surface area contributed by atoms with E-state index >= 15 is 0 Å². The van der Waals surface area contributed by atoms with E-state index in [0.717, 1.165) is 10.7 Å². The molecule has 0 atom stereocenters. The second-order valence-electron chi connectivity index (χ2n) is 3.80. The predicted octanol–water partition coefficient (Wildman–Crippen LogP) is 3.44. The molecule has 0 spiro atoms. The minimum absolute atomic E-state index is 0.194. The number of nitrogens with zero attached hydrogens (tertiary/aromatic N) is 2. The van der Waals surface area contributed by atoms with E-state index < -0.39 is 5.82 Å². The minimum Gasteiger partial charge on any atom is -0.436 e. The van der Waals surface area contributed by atoms with E-state index in [4.69, 9.17) is 22.1 Å². The summed E-state index contributed by atoms with van der Waals surface area (Å²) < 4.78 is 20.5. The molecule has 7 heteroatoms. The molecule has 0 radical (unpaired) electrons. The van der Waals surface area contributed by atoms with Crippen LogP contribution in [0, 0.1) is 5.82 Å².